The van der Waals surface area contributed by atoms with E-state index in [9.17, 15) is 0 Å². The second-order valence-electron chi connectivity index (χ2n) is 4.15. The van der Waals surface area contributed by atoms with E-state index >= 15 is 0 Å². The fourth-order valence-corrected chi connectivity index (χ4v) is 1.90. The van der Waals surface area contributed by atoms with Crippen molar-refractivity contribution in [1.82, 2.24) is 14.8 Å². The van der Waals surface area contributed by atoms with Gasteiger partial charge >= 0.3 is 0 Å². The largest absolute Gasteiger partial charge is 0.491 e. The highest BCUT2D eigenvalue weighted by Gasteiger charge is 2.05. The molecule has 2 aromatic rings. The van der Waals surface area contributed by atoms with Crippen LogP contribution >= 0.6 is 11.6 Å². The predicted molar refractivity (Wildman–Crippen MR) is 70.9 cm³/mol. The first kappa shape index (κ1) is 12.9. The number of alkyl halides is 1. The molecule has 0 aromatic carbocycles. The lowest BCUT2D eigenvalue weighted by Gasteiger charge is -2.09. The molecule has 2 rings (SSSR count). The van der Waals surface area contributed by atoms with E-state index in [0.29, 0.717) is 12.5 Å². The maximum atomic E-state index is 5.85. The molecule has 18 heavy (non-hydrogen) atoms. The predicted octanol–water partition coefficient (Wildman–Crippen LogP) is 2.48. The van der Waals surface area contributed by atoms with E-state index in [1.807, 2.05) is 38.5 Å². The summed E-state index contributed by atoms with van der Waals surface area (Å²) >= 11 is 5.85. The number of rotatable bonds is 5. The average Bonchev–Trinajstić information content (AvgIpc) is 2.77. The summed E-state index contributed by atoms with van der Waals surface area (Å²) in [5, 5.41) is 4.12. The fourth-order valence-electron chi connectivity index (χ4n) is 1.70. The molecule has 0 aliphatic heterocycles. The molecule has 0 aliphatic rings. The van der Waals surface area contributed by atoms with Crippen LogP contribution in [0.5, 0.6) is 5.75 Å². The normalized spacial score (nSPS) is 10.6. The molecule has 0 fully saturated rings. The van der Waals surface area contributed by atoms with Gasteiger partial charge in [0, 0.05) is 25.4 Å². The Hall–Kier alpha value is -1.55. The summed E-state index contributed by atoms with van der Waals surface area (Å²) < 4.78 is 7.50. The summed E-state index contributed by atoms with van der Waals surface area (Å²) in [7, 11) is 1.90. The van der Waals surface area contributed by atoms with Crippen molar-refractivity contribution < 1.29 is 4.74 Å². The van der Waals surface area contributed by atoms with E-state index in [2.05, 4.69) is 10.1 Å². The van der Waals surface area contributed by atoms with Gasteiger partial charge in [-0.05, 0) is 24.6 Å². The first-order chi connectivity index (χ1) is 8.69. The Balaban J connectivity index is 1.94. The first-order valence-electron chi connectivity index (χ1n) is 5.82. The van der Waals surface area contributed by atoms with Crippen LogP contribution in [-0.2, 0) is 19.3 Å². The molecule has 2 heterocycles. The Morgan fingerprint density at radius 2 is 2.22 bits per heavy atom. The second-order valence-corrected chi connectivity index (χ2v) is 4.42. The Morgan fingerprint density at radius 1 is 1.39 bits per heavy atom. The molecule has 5 heteroatoms. The zero-order valence-electron chi connectivity index (χ0n) is 10.6. The van der Waals surface area contributed by atoms with Crippen molar-refractivity contribution in [2.24, 2.45) is 7.05 Å². The number of hydrogen-bond acceptors (Lipinski definition) is 3. The first-order valence-corrected chi connectivity index (χ1v) is 6.35. The third-order valence-corrected chi connectivity index (χ3v) is 2.86. The van der Waals surface area contributed by atoms with E-state index in [4.69, 9.17) is 16.3 Å². The molecule has 0 saturated carbocycles. The molecule has 0 saturated heterocycles. The molecule has 0 N–H and O–H groups in total. The molecule has 0 spiro atoms. The van der Waals surface area contributed by atoms with E-state index < -0.39 is 0 Å². The minimum atomic E-state index is 0.365. The van der Waals surface area contributed by atoms with Crippen molar-refractivity contribution in [3.05, 3.63) is 41.5 Å². The van der Waals surface area contributed by atoms with Crippen molar-refractivity contribution in [3.63, 3.8) is 0 Å². The summed E-state index contributed by atoms with van der Waals surface area (Å²) in [5.74, 6) is 1.13. The van der Waals surface area contributed by atoms with Crippen LogP contribution in [0.4, 0.5) is 0 Å². The number of halogens is 1. The molecule has 0 amide bonds. The minimum Gasteiger partial charge on any atom is -0.491 e. The molecule has 96 valence electrons. The summed E-state index contributed by atoms with van der Waals surface area (Å²) in [6.45, 7) is 2.54. The number of aryl methyl sites for hydroxylation is 2. The van der Waals surface area contributed by atoms with Crippen molar-refractivity contribution in [3.8, 4) is 5.75 Å². The van der Waals surface area contributed by atoms with Gasteiger partial charge in [0.25, 0.3) is 0 Å². The third-order valence-electron chi connectivity index (χ3n) is 2.60. The minimum absolute atomic E-state index is 0.365. The lowest BCUT2D eigenvalue weighted by molar-refractivity contribution is 0.317. The molecule has 0 aliphatic carbocycles. The number of pyridine rings is 1. The van der Waals surface area contributed by atoms with Gasteiger partial charge in [-0.25, -0.2) is 0 Å². The van der Waals surface area contributed by atoms with Crippen LogP contribution in [0, 0.1) is 6.92 Å². The maximum Gasteiger partial charge on any atom is 0.142 e. The summed E-state index contributed by atoms with van der Waals surface area (Å²) in [6.07, 6.45) is 4.65. The molecule has 2 aromatic heterocycles. The van der Waals surface area contributed by atoms with Crippen LogP contribution < -0.4 is 4.74 Å². The van der Waals surface area contributed by atoms with Crippen molar-refractivity contribution in [1.29, 1.82) is 0 Å². The van der Waals surface area contributed by atoms with Gasteiger partial charge in [-0.2, -0.15) is 5.10 Å². The molecule has 4 nitrogen and oxygen atoms in total. The lowest BCUT2D eigenvalue weighted by Crippen LogP contribution is -2.04. The summed E-state index contributed by atoms with van der Waals surface area (Å²) in [4.78, 5) is 4.35. The van der Waals surface area contributed by atoms with Gasteiger partial charge in [0.2, 0.25) is 0 Å². The Labute approximate surface area is 112 Å². The highest BCUT2D eigenvalue weighted by molar-refractivity contribution is 6.17. The molecule has 0 bridgehead atoms. The molecule has 0 atom stereocenters. The Kier molecular flexibility index (Phi) is 4.20. The number of ether oxygens (including phenoxy) is 1. The number of hydrogen-bond donors (Lipinski definition) is 0. The average molecular weight is 266 g/mol. The fraction of sp³-hybridized carbons (Fsp3) is 0.385. The highest BCUT2D eigenvalue weighted by Crippen LogP contribution is 2.19. The molecular weight excluding hydrogens is 250 g/mol. The maximum absolute atomic E-state index is 5.85. The van der Waals surface area contributed by atoms with E-state index in [0.717, 1.165) is 29.1 Å². The van der Waals surface area contributed by atoms with E-state index in [1.165, 1.54) is 0 Å². The van der Waals surface area contributed by atoms with Gasteiger partial charge < -0.3 is 4.74 Å². The zero-order valence-corrected chi connectivity index (χ0v) is 11.3. The van der Waals surface area contributed by atoms with Crippen LogP contribution in [0.2, 0.25) is 0 Å². The van der Waals surface area contributed by atoms with Gasteiger partial charge in [-0.1, -0.05) is 0 Å². The Bertz CT molecular complexity index is 525. The lowest BCUT2D eigenvalue weighted by atomic mass is 10.2. The van der Waals surface area contributed by atoms with Crippen LogP contribution in [0.15, 0.2) is 24.5 Å². The Morgan fingerprint density at radius 3 is 2.89 bits per heavy atom. The number of aromatic nitrogens is 3. The van der Waals surface area contributed by atoms with Crippen LogP contribution in [0.25, 0.3) is 0 Å². The highest BCUT2D eigenvalue weighted by atomic mass is 35.5. The van der Waals surface area contributed by atoms with Crippen molar-refractivity contribution in [2.75, 3.05) is 6.61 Å². The van der Waals surface area contributed by atoms with Crippen LogP contribution in [0.3, 0.4) is 0 Å². The molecule has 0 radical (unpaired) electrons. The standard InChI is InChI=1S/C13H16ClN3O/c1-10-3-4-13(12(7-14)16-10)18-6-5-11-8-15-17(2)9-11/h3-4,8-9H,5-7H2,1-2H3. The topological polar surface area (TPSA) is 39.9 Å². The SMILES string of the molecule is Cc1ccc(OCCc2cnn(C)c2)c(CCl)n1. The van der Waals surface area contributed by atoms with Crippen molar-refractivity contribution >= 4 is 11.6 Å². The van der Waals surface area contributed by atoms with Gasteiger partial charge in [0.15, 0.2) is 0 Å². The third kappa shape index (κ3) is 3.23. The van der Waals surface area contributed by atoms with Crippen LogP contribution in [0.1, 0.15) is 17.0 Å². The second kappa shape index (κ2) is 5.87. The zero-order chi connectivity index (χ0) is 13.0. The quantitative estimate of drug-likeness (QED) is 0.780. The number of nitrogens with zero attached hydrogens (tertiary/aromatic N) is 3. The summed E-state index contributed by atoms with van der Waals surface area (Å²) in [6, 6.07) is 3.85. The molecular formula is C13H16ClN3O. The van der Waals surface area contributed by atoms with Gasteiger partial charge in [-0.15, -0.1) is 11.6 Å². The molecule has 0 unspecified atom stereocenters. The smallest absolute Gasteiger partial charge is 0.142 e. The summed E-state index contributed by atoms with van der Waals surface area (Å²) in [5.41, 5.74) is 2.90. The van der Waals surface area contributed by atoms with Crippen LogP contribution in [-0.4, -0.2) is 21.4 Å². The van der Waals surface area contributed by atoms with Gasteiger partial charge in [0.1, 0.15) is 5.75 Å². The van der Waals surface area contributed by atoms with Gasteiger partial charge in [-0.3, -0.25) is 9.67 Å². The monoisotopic (exact) mass is 265 g/mol. The van der Waals surface area contributed by atoms with E-state index in [-0.39, 0.29) is 0 Å². The van der Waals surface area contributed by atoms with Gasteiger partial charge in [0.05, 0.1) is 24.4 Å². The van der Waals surface area contributed by atoms with E-state index in [1.54, 1.807) is 4.68 Å². The van der Waals surface area contributed by atoms with Crippen molar-refractivity contribution in [2.45, 2.75) is 19.2 Å².